The van der Waals surface area contributed by atoms with Crippen molar-refractivity contribution in [1.82, 2.24) is 9.78 Å². The molecule has 1 aromatic carbocycles. The van der Waals surface area contributed by atoms with Crippen LogP contribution in [-0.4, -0.2) is 15.7 Å². The van der Waals surface area contributed by atoms with Crippen LogP contribution in [0.1, 0.15) is 36.1 Å². The number of anilines is 1. The molecule has 0 aliphatic heterocycles. The lowest BCUT2D eigenvalue weighted by atomic mass is 9.90. The molecular formula is C17H21N3O. The number of hydrogen-bond acceptors (Lipinski definition) is 2. The molecule has 0 saturated carbocycles. The average Bonchev–Trinajstić information content (AvgIpc) is 2.91. The molecule has 1 N–H and O–H groups in total. The Balaban J connectivity index is 1.62. The number of hydrogen-bond donors (Lipinski definition) is 1. The number of nitrogens with one attached hydrogen (secondary N) is 1. The first-order valence-corrected chi connectivity index (χ1v) is 7.63. The predicted octanol–water partition coefficient (Wildman–Crippen LogP) is 3.10. The fraction of sp³-hybridized carbons (Fsp3) is 0.412. The first-order valence-electron chi connectivity index (χ1n) is 7.63. The van der Waals surface area contributed by atoms with Gasteiger partial charge < -0.3 is 5.32 Å². The standard InChI is InChI=1S/C17H21N3O/c1-13-9-11-20(19-13)12-10-17(21)18-16-8-4-6-14-5-2-3-7-15(14)16/h4,6,8-9,11H,2-3,5,7,10,12H2,1H3,(H,18,21). The third-order valence-electron chi connectivity index (χ3n) is 4.01. The van der Waals surface area contributed by atoms with Gasteiger partial charge in [0.25, 0.3) is 0 Å². The summed E-state index contributed by atoms with van der Waals surface area (Å²) in [4.78, 5) is 12.1. The SMILES string of the molecule is Cc1ccn(CCC(=O)Nc2cccc3c2CCCC3)n1. The first-order chi connectivity index (χ1) is 10.2. The molecule has 3 rings (SSSR count). The summed E-state index contributed by atoms with van der Waals surface area (Å²) in [6.45, 7) is 2.57. The number of aromatic nitrogens is 2. The van der Waals surface area contributed by atoms with Crippen LogP contribution in [0.4, 0.5) is 5.69 Å². The van der Waals surface area contributed by atoms with Gasteiger partial charge in [0.2, 0.25) is 5.91 Å². The van der Waals surface area contributed by atoms with Crippen molar-refractivity contribution in [3.05, 3.63) is 47.3 Å². The molecule has 21 heavy (non-hydrogen) atoms. The Bertz CT molecular complexity index is 645. The molecule has 4 heteroatoms. The molecule has 1 aliphatic rings. The Morgan fingerprint density at radius 3 is 2.95 bits per heavy atom. The molecule has 0 radical (unpaired) electrons. The van der Waals surface area contributed by atoms with E-state index < -0.39 is 0 Å². The molecule has 0 fully saturated rings. The number of nitrogens with zero attached hydrogens (tertiary/aromatic N) is 2. The van der Waals surface area contributed by atoms with E-state index in [1.54, 1.807) is 0 Å². The van der Waals surface area contributed by atoms with E-state index >= 15 is 0 Å². The van der Waals surface area contributed by atoms with Gasteiger partial charge in [-0.05, 0) is 55.9 Å². The Labute approximate surface area is 125 Å². The van der Waals surface area contributed by atoms with Crippen molar-refractivity contribution in [3.63, 3.8) is 0 Å². The van der Waals surface area contributed by atoms with Crippen molar-refractivity contribution in [3.8, 4) is 0 Å². The minimum Gasteiger partial charge on any atom is -0.326 e. The highest BCUT2D eigenvalue weighted by Gasteiger charge is 2.14. The van der Waals surface area contributed by atoms with Crippen LogP contribution in [0, 0.1) is 6.92 Å². The molecule has 0 saturated heterocycles. The van der Waals surface area contributed by atoms with Gasteiger partial charge in [0.1, 0.15) is 0 Å². The topological polar surface area (TPSA) is 46.9 Å². The molecule has 1 aromatic heterocycles. The van der Waals surface area contributed by atoms with Gasteiger partial charge in [0, 0.05) is 24.8 Å². The summed E-state index contributed by atoms with van der Waals surface area (Å²) < 4.78 is 1.81. The summed E-state index contributed by atoms with van der Waals surface area (Å²) in [6.07, 6.45) is 7.03. The third-order valence-corrected chi connectivity index (χ3v) is 4.01. The Kier molecular flexibility index (Phi) is 4.04. The molecule has 0 spiro atoms. The number of carbonyl (C=O) groups excluding carboxylic acids is 1. The Hall–Kier alpha value is -2.10. The van der Waals surface area contributed by atoms with E-state index in [0.29, 0.717) is 13.0 Å². The summed E-state index contributed by atoms with van der Waals surface area (Å²) in [5, 5.41) is 7.36. The molecule has 0 bridgehead atoms. The van der Waals surface area contributed by atoms with Gasteiger partial charge in [-0.15, -0.1) is 0 Å². The maximum atomic E-state index is 12.1. The summed E-state index contributed by atoms with van der Waals surface area (Å²) >= 11 is 0. The number of benzene rings is 1. The second-order valence-electron chi connectivity index (χ2n) is 5.67. The Morgan fingerprint density at radius 2 is 2.14 bits per heavy atom. The van der Waals surface area contributed by atoms with E-state index in [1.807, 2.05) is 36.0 Å². The van der Waals surface area contributed by atoms with Crippen LogP contribution in [0.2, 0.25) is 0 Å². The predicted molar refractivity (Wildman–Crippen MR) is 83.3 cm³/mol. The molecule has 1 heterocycles. The highest BCUT2D eigenvalue weighted by molar-refractivity contribution is 5.91. The summed E-state index contributed by atoms with van der Waals surface area (Å²) in [6, 6.07) is 8.18. The molecular weight excluding hydrogens is 262 g/mol. The average molecular weight is 283 g/mol. The molecule has 4 nitrogen and oxygen atoms in total. The molecule has 0 atom stereocenters. The van der Waals surface area contributed by atoms with Crippen molar-refractivity contribution < 1.29 is 4.79 Å². The van der Waals surface area contributed by atoms with Crippen LogP contribution in [0.15, 0.2) is 30.5 Å². The second kappa shape index (κ2) is 6.12. The van der Waals surface area contributed by atoms with Crippen LogP contribution < -0.4 is 5.32 Å². The van der Waals surface area contributed by atoms with Gasteiger partial charge >= 0.3 is 0 Å². The molecule has 0 unspecified atom stereocenters. The summed E-state index contributed by atoms with van der Waals surface area (Å²) in [5.41, 5.74) is 4.69. The van der Waals surface area contributed by atoms with Crippen molar-refractivity contribution in [1.29, 1.82) is 0 Å². The maximum absolute atomic E-state index is 12.1. The van der Waals surface area contributed by atoms with Crippen LogP contribution in [0.5, 0.6) is 0 Å². The number of aryl methyl sites for hydroxylation is 3. The van der Waals surface area contributed by atoms with E-state index in [-0.39, 0.29) is 5.91 Å². The number of amides is 1. The maximum Gasteiger partial charge on any atom is 0.226 e. The van der Waals surface area contributed by atoms with E-state index in [9.17, 15) is 4.79 Å². The van der Waals surface area contributed by atoms with Crippen molar-refractivity contribution in [2.45, 2.75) is 45.6 Å². The highest BCUT2D eigenvalue weighted by Crippen LogP contribution is 2.27. The van der Waals surface area contributed by atoms with E-state index in [2.05, 4.69) is 16.5 Å². The van der Waals surface area contributed by atoms with Crippen LogP contribution in [0.3, 0.4) is 0 Å². The van der Waals surface area contributed by atoms with Crippen molar-refractivity contribution in [2.24, 2.45) is 0 Å². The van der Waals surface area contributed by atoms with E-state index in [0.717, 1.165) is 24.2 Å². The first kappa shape index (κ1) is 13.9. The van der Waals surface area contributed by atoms with Gasteiger partial charge in [-0.3, -0.25) is 9.48 Å². The molecule has 1 amide bonds. The minimum absolute atomic E-state index is 0.0575. The number of carbonyl (C=O) groups is 1. The normalized spacial score (nSPS) is 13.8. The number of rotatable bonds is 4. The lowest BCUT2D eigenvalue weighted by Crippen LogP contribution is -2.17. The zero-order valence-electron chi connectivity index (χ0n) is 12.4. The minimum atomic E-state index is 0.0575. The third kappa shape index (κ3) is 3.32. The van der Waals surface area contributed by atoms with Gasteiger partial charge in [-0.1, -0.05) is 12.1 Å². The molecule has 110 valence electrons. The lowest BCUT2D eigenvalue weighted by molar-refractivity contribution is -0.116. The smallest absolute Gasteiger partial charge is 0.226 e. The van der Waals surface area contributed by atoms with Crippen LogP contribution in [0.25, 0.3) is 0 Å². The van der Waals surface area contributed by atoms with Gasteiger partial charge in [0.15, 0.2) is 0 Å². The second-order valence-corrected chi connectivity index (χ2v) is 5.67. The number of fused-ring (bicyclic) bond motifs is 1. The lowest BCUT2D eigenvalue weighted by Gasteiger charge is -2.19. The van der Waals surface area contributed by atoms with Crippen molar-refractivity contribution >= 4 is 11.6 Å². The van der Waals surface area contributed by atoms with Gasteiger partial charge in [-0.2, -0.15) is 5.10 Å². The van der Waals surface area contributed by atoms with Gasteiger partial charge in [-0.25, -0.2) is 0 Å². The zero-order valence-corrected chi connectivity index (χ0v) is 12.4. The largest absolute Gasteiger partial charge is 0.326 e. The fourth-order valence-electron chi connectivity index (χ4n) is 2.91. The van der Waals surface area contributed by atoms with Crippen LogP contribution >= 0.6 is 0 Å². The molecule has 2 aromatic rings. The van der Waals surface area contributed by atoms with E-state index in [4.69, 9.17) is 0 Å². The van der Waals surface area contributed by atoms with Crippen molar-refractivity contribution in [2.75, 3.05) is 5.32 Å². The Morgan fingerprint density at radius 1 is 1.29 bits per heavy atom. The quantitative estimate of drug-likeness (QED) is 0.937. The van der Waals surface area contributed by atoms with Crippen LogP contribution in [-0.2, 0) is 24.2 Å². The summed E-state index contributed by atoms with van der Waals surface area (Å²) in [5.74, 6) is 0.0575. The summed E-state index contributed by atoms with van der Waals surface area (Å²) in [7, 11) is 0. The highest BCUT2D eigenvalue weighted by atomic mass is 16.1. The fourth-order valence-corrected chi connectivity index (χ4v) is 2.91. The molecule has 1 aliphatic carbocycles. The monoisotopic (exact) mass is 283 g/mol. The van der Waals surface area contributed by atoms with Gasteiger partial charge in [0.05, 0.1) is 5.69 Å². The van der Waals surface area contributed by atoms with E-state index in [1.165, 1.54) is 24.0 Å². The zero-order chi connectivity index (χ0) is 14.7.